The van der Waals surface area contributed by atoms with Crippen LogP contribution in [0.5, 0.6) is 0 Å². The Morgan fingerprint density at radius 3 is 2.50 bits per heavy atom. The second kappa shape index (κ2) is 5.68. The lowest BCUT2D eigenvalue weighted by Gasteiger charge is -2.23. The Labute approximate surface area is 91.1 Å². The van der Waals surface area contributed by atoms with Crippen LogP contribution in [0, 0.1) is 0 Å². The second-order valence-corrected chi connectivity index (χ2v) is 4.85. The summed E-state index contributed by atoms with van der Waals surface area (Å²) in [6, 6.07) is 0. The molecule has 4 nitrogen and oxygen atoms in total. The van der Waals surface area contributed by atoms with E-state index in [0.29, 0.717) is 0 Å². The number of carbonyl (C=O) groups excluding carboxylic acids is 1. The number of carbonyl (C=O) groups is 1. The lowest BCUT2D eigenvalue weighted by Crippen LogP contribution is -2.30. The first-order valence-electron chi connectivity index (χ1n) is 4.58. The molecule has 0 bridgehead atoms. The van der Waals surface area contributed by atoms with Gasteiger partial charge in [-0.15, -0.1) is 11.6 Å². The average Bonchev–Trinajstić information content (AvgIpc) is 2.07. The van der Waals surface area contributed by atoms with E-state index in [1.807, 2.05) is 0 Å². The molecule has 0 aromatic rings. The number of hydrogen-bond acceptors (Lipinski definition) is 3. The number of hydrogen-bond donors (Lipinski definition) is 1. The van der Waals surface area contributed by atoms with Crippen LogP contribution in [-0.4, -0.2) is 21.6 Å². The van der Waals surface area contributed by atoms with Gasteiger partial charge in [0.25, 0.3) is 11.3 Å². The first-order valence-corrected chi connectivity index (χ1v) is 6.09. The summed E-state index contributed by atoms with van der Waals surface area (Å²) in [5.41, 5.74) is 0. The summed E-state index contributed by atoms with van der Waals surface area (Å²) in [4.78, 5) is 10.5. The van der Waals surface area contributed by atoms with Gasteiger partial charge in [0.1, 0.15) is 0 Å². The number of rotatable bonds is 3. The minimum atomic E-state index is -1.70. The van der Waals surface area contributed by atoms with Crippen molar-refractivity contribution in [3.8, 4) is 0 Å². The summed E-state index contributed by atoms with van der Waals surface area (Å²) in [5.74, 6) is -0.352. The molecular formula is C8H14ClNO3S. The van der Waals surface area contributed by atoms with Crippen LogP contribution in [0.1, 0.15) is 32.6 Å². The van der Waals surface area contributed by atoms with Crippen LogP contribution in [0.15, 0.2) is 0 Å². The van der Waals surface area contributed by atoms with Gasteiger partial charge in [-0.1, -0.05) is 0 Å². The maximum absolute atomic E-state index is 11.1. The minimum Gasteiger partial charge on any atom is -0.274 e. The molecule has 1 rings (SSSR count). The monoisotopic (exact) mass is 239 g/mol. The van der Waals surface area contributed by atoms with Crippen molar-refractivity contribution in [1.29, 1.82) is 0 Å². The maximum atomic E-state index is 11.1. The Morgan fingerprint density at radius 2 is 2.00 bits per heavy atom. The lowest BCUT2D eigenvalue weighted by atomic mass is 9.98. The van der Waals surface area contributed by atoms with Gasteiger partial charge >= 0.3 is 0 Å². The van der Waals surface area contributed by atoms with Crippen LogP contribution < -0.4 is 4.72 Å². The molecule has 0 radical (unpaired) electrons. The van der Waals surface area contributed by atoms with Crippen molar-refractivity contribution in [2.24, 2.45) is 0 Å². The van der Waals surface area contributed by atoms with Crippen molar-refractivity contribution in [3.05, 3.63) is 0 Å². The van der Waals surface area contributed by atoms with Gasteiger partial charge in [-0.05, 0) is 25.7 Å². The number of nitrogens with one attached hydrogen (secondary N) is 1. The first-order chi connectivity index (χ1) is 6.58. The van der Waals surface area contributed by atoms with E-state index >= 15 is 0 Å². The zero-order chi connectivity index (χ0) is 10.6. The Bertz CT molecular complexity index is 229. The summed E-state index contributed by atoms with van der Waals surface area (Å²) in [6.07, 6.45) is 3.32. The fraction of sp³-hybridized carbons (Fsp3) is 0.875. The van der Waals surface area contributed by atoms with Gasteiger partial charge in [-0.25, -0.2) is 4.21 Å². The summed E-state index contributed by atoms with van der Waals surface area (Å²) in [7, 11) is 0. The standard InChI is InChI=1S/C8H14ClNO3S/c1-6(11)10-14(12)13-8-4-2-7(9)3-5-8/h7-8H,2-5H2,1H3,(H,10,11). The molecule has 1 N–H and O–H groups in total. The van der Waals surface area contributed by atoms with Crippen LogP contribution in [0.25, 0.3) is 0 Å². The van der Waals surface area contributed by atoms with Crippen molar-refractivity contribution in [2.75, 3.05) is 0 Å². The van der Waals surface area contributed by atoms with E-state index in [4.69, 9.17) is 15.8 Å². The van der Waals surface area contributed by atoms with Crippen molar-refractivity contribution in [1.82, 2.24) is 4.72 Å². The van der Waals surface area contributed by atoms with Gasteiger partial charge in [-0.2, -0.15) is 0 Å². The topological polar surface area (TPSA) is 55.4 Å². The SMILES string of the molecule is CC(=O)NS(=O)OC1CCC(Cl)CC1. The highest BCUT2D eigenvalue weighted by atomic mass is 35.5. The van der Waals surface area contributed by atoms with E-state index in [1.54, 1.807) is 0 Å². The van der Waals surface area contributed by atoms with E-state index in [-0.39, 0.29) is 17.4 Å². The lowest BCUT2D eigenvalue weighted by molar-refractivity contribution is -0.117. The van der Waals surface area contributed by atoms with E-state index in [2.05, 4.69) is 4.72 Å². The quantitative estimate of drug-likeness (QED) is 0.755. The molecule has 1 unspecified atom stereocenters. The van der Waals surface area contributed by atoms with Crippen LogP contribution in [0.2, 0.25) is 0 Å². The molecule has 0 heterocycles. The predicted molar refractivity (Wildman–Crippen MR) is 54.9 cm³/mol. The fourth-order valence-corrected chi connectivity index (χ4v) is 2.36. The molecule has 1 fully saturated rings. The molecule has 0 aromatic heterocycles. The van der Waals surface area contributed by atoms with E-state index in [0.717, 1.165) is 25.7 Å². The van der Waals surface area contributed by atoms with Gasteiger partial charge in [0, 0.05) is 12.3 Å². The predicted octanol–water partition coefficient (Wildman–Crippen LogP) is 1.27. The molecule has 1 amide bonds. The zero-order valence-electron chi connectivity index (χ0n) is 7.99. The Hall–Kier alpha value is -0.130. The third-order valence-corrected chi connectivity index (χ3v) is 3.39. The molecule has 0 aromatic carbocycles. The van der Waals surface area contributed by atoms with Crippen molar-refractivity contribution >= 4 is 28.8 Å². The first kappa shape index (κ1) is 11.9. The summed E-state index contributed by atoms with van der Waals surface area (Å²) >= 11 is 4.20. The molecule has 1 atom stereocenters. The van der Waals surface area contributed by atoms with Gasteiger partial charge < -0.3 is 0 Å². The fourth-order valence-electron chi connectivity index (χ4n) is 1.38. The highest BCUT2D eigenvalue weighted by Crippen LogP contribution is 2.25. The molecule has 82 valence electrons. The van der Waals surface area contributed by atoms with Crippen LogP contribution in [0.4, 0.5) is 0 Å². The molecular weight excluding hydrogens is 226 g/mol. The third kappa shape index (κ3) is 4.39. The summed E-state index contributed by atoms with van der Waals surface area (Å²) in [5, 5.41) is 0.212. The Morgan fingerprint density at radius 1 is 1.43 bits per heavy atom. The third-order valence-electron chi connectivity index (χ3n) is 2.05. The van der Waals surface area contributed by atoms with Gasteiger partial charge in [0.2, 0.25) is 5.91 Å². The van der Waals surface area contributed by atoms with Crippen molar-refractivity contribution in [3.63, 3.8) is 0 Å². The molecule has 1 saturated carbocycles. The molecule has 0 spiro atoms. The van der Waals surface area contributed by atoms with Crippen LogP contribution in [0.3, 0.4) is 0 Å². The number of amides is 1. The summed E-state index contributed by atoms with van der Waals surface area (Å²) in [6.45, 7) is 1.30. The van der Waals surface area contributed by atoms with Crippen LogP contribution in [-0.2, 0) is 20.2 Å². The largest absolute Gasteiger partial charge is 0.274 e. The van der Waals surface area contributed by atoms with Gasteiger partial charge in [-0.3, -0.25) is 13.7 Å². The van der Waals surface area contributed by atoms with Crippen molar-refractivity contribution < 1.29 is 13.2 Å². The maximum Gasteiger partial charge on any atom is 0.264 e. The minimum absolute atomic E-state index is 0.0438. The second-order valence-electron chi connectivity index (χ2n) is 3.36. The molecule has 1 aliphatic carbocycles. The van der Waals surface area contributed by atoms with E-state index in [1.165, 1.54) is 6.92 Å². The molecule has 0 saturated heterocycles. The van der Waals surface area contributed by atoms with E-state index < -0.39 is 11.3 Å². The summed E-state index contributed by atoms with van der Waals surface area (Å²) < 4.78 is 18.4. The van der Waals surface area contributed by atoms with E-state index in [9.17, 15) is 9.00 Å². The Kier molecular flexibility index (Phi) is 4.84. The smallest absolute Gasteiger partial charge is 0.264 e. The number of alkyl halides is 1. The molecule has 1 aliphatic rings. The van der Waals surface area contributed by atoms with Gasteiger partial charge in [0.05, 0.1) is 6.10 Å². The molecule has 6 heteroatoms. The highest BCUT2D eigenvalue weighted by Gasteiger charge is 2.22. The van der Waals surface area contributed by atoms with Crippen molar-refractivity contribution in [2.45, 2.75) is 44.1 Å². The highest BCUT2D eigenvalue weighted by molar-refractivity contribution is 7.78. The zero-order valence-corrected chi connectivity index (χ0v) is 9.57. The van der Waals surface area contributed by atoms with Crippen LogP contribution >= 0.6 is 11.6 Å². The number of halogens is 1. The van der Waals surface area contributed by atoms with Gasteiger partial charge in [0.15, 0.2) is 0 Å². The molecule has 14 heavy (non-hydrogen) atoms. The molecule has 0 aliphatic heterocycles. The Balaban J connectivity index is 2.24. The average molecular weight is 240 g/mol. The normalized spacial score (nSPS) is 29.6.